The molecule has 1 rings (SSSR count). The van der Waals surface area contributed by atoms with Crippen LogP contribution in [-0.2, 0) is 16.0 Å². The van der Waals surface area contributed by atoms with Gasteiger partial charge in [-0.2, -0.15) is 5.10 Å². The van der Waals surface area contributed by atoms with Gasteiger partial charge < -0.3 is 4.74 Å². The smallest absolute Gasteiger partial charge is 0.164 e. The van der Waals surface area contributed by atoms with E-state index in [-0.39, 0.29) is 12.4 Å². The Bertz CT molecular complexity index is 347. The van der Waals surface area contributed by atoms with Crippen molar-refractivity contribution in [3.63, 3.8) is 0 Å². The summed E-state index contributed by atoms with van der Waals surface area (Å²) in [5.74, 6) is 0.0906. The topological polar surface area (TPSA) is 44.1 Å². The minimum Gasteiger partial charge on any atom is -0.374 e. The van der Waals surface area contributed by atoms with E-state index in [1.54, 1.807) is 0 Å². The maximum absolute atomic E-state index is 11.6. The highest BCUT2D eigenvalue weighted by Gasteiger charge is 2.08. The summed E-state index contributed by atoms with van der Waals surface area (Å²) in [4.78, 5) is 11.6. The van der Waals surface area contributed by atoms with E-state index in [0.717, 1.165) is 18.5 Å². The number of ether oxygens (including phenoxy) is 1. The van der Waals surface area contributed by atoms with Gasteiger partial charge in [0, 0.05) is 18.8 Å². The Kier molecular flexibility index (Phi) is 5.91. The van der Waals surface area contributed by atoms with Gasteiger partial charge in [0.1, 0.15) is 6.61 Å². The van der Waals surface area contributed by atoms with Gasteiger partial charge in [-0.25, -0.2) is 0 Å². The van der Waals surface area contributed by atoms with Crippen LogP contribution in [0, 0.1) is 0 Å². The van der Waals surface area contributed by atoms with Crippen molar-refractivity contribution in [3.05, 3.63) is 18.0 Å². The summed E-state index contributed by atoms with van der Waals surface area (Å²) in [6, 6.07) is 2.29. The van der Waals surface area contributed by atoms with Gasteiger partial charge in [0.2, 0.25) is 0 Å². The number of ketones is 1. The highest BCUT2D eigenvalue weighted by atomic mass is 16.5. The molecule has 1 aromatic rings. The number of carbonyl (C=O) groups excluding carboxylic acids is 1. The van der Waals surface area contributed by atoms with E-state index in [1.165, 1.54) is 0 Å². The molecule has 0 aliphatic rings. The third kappa shape index (κ3) is 4.69. The van der Waals surface area contributed by atoms with E-state index in [1.807, 2.05) is 23.9 Å². The third-order valence-electron chi connectivity index (χ3n) is 2.70. The highest BCUT2D eigenvalue weighted by Crippen LogP contribution is 2.09. The van der Waals surface area contributed by atoms with Gasteiger partial charge in [0.15, 0.2) is 5.78 Å². The average Bonchev–Trinajstić information content (AvgIpc) is 2.77. The molecule has 0 N–H and O–H groups in total. The molecular weight excluding hydrogens is 216 g/mol. The van der Waals surface area contributed by atoms with Crippen molar-refractivity contribution in [1.29, 1.82) is 0 Å². The summed E-state index contributed by atoms with van der Waals surface area (Å²) in [6.45, 7) is 7.11. The number of nitrogens with zero attached hydrogens (tertiary/aromatic N) is 2. The van der Waals surface area contributed by atoms with E-state index in [0.29, 0.717) is 19.1 Å². The van der Waals surface area contributed by atoms with Crippen LogP contribution in [0.3, 0.4) is 0 Å². The SMILES string of the molecule is CCCOCC(=O)Cc1ccn(C(C)CC)n1. The third-order valence-corrected chi connectivity index (χ3v) is 2.70. The van der Waals surface area contributed by atoms with Crippen molar-refractivity contribution in [3.8, 4) is 0 Å². The van der Waals surface area contributed by atoms with Crippen molar-refractivity contribution in [2.75, 3.05) is 13.2 Å². The van der Waals surface area contributed by atoms with Crippen molar-refractivity contribution in [1.82, 2.24) is 9.78 Å². The molecule has 17 heavy (non-hydrogen) atoms. The second-order valence-electron chi connectivity index (χ2n) is 4.31. The number of aromatic nitrogens is 2. The molecule has 0 bridgehead atoms. The lowest BCUT2D eigenvalue weighted by molar-refractivity contribution is -0.123. The molecule has 1 unspecified atom stereocenters. The standard InChI is InChI=1S/C13H22N2O2/c1-4-8-17-10-13(16)9-12-6-7-15(14-12)11(3)5-2/h6-7,11H,4-5,8-10H2,1-3H3. The number of rotatable bonds is 8. The Labute approximate surface area is 103 Å². The van der Waals surface area contributed by atoms with Crippen LogP contribution < -0.4 is 0 Å². The lowest BCUT2D eigenvalue weighted by atomic mass is 10.2. The van der Waals surface area contributed by atoms with Crippen LogP contribution in [0.4, 0.5) is 0 Å². The van der Waals surface area contributed by atoms with Gasteiger partial charge in [0.05, 0.1) is 12.1 Å². The van der Waals surface area contributed by atoms with E-state index in [4.69, 9.17) is 4.74 Å². The maximum Gasteiger partial charge on any atom is 0.164 e. The van der Waals surface area contributed by atoms with E-state index >= 15 is 0 Å². The zero-order valence-corrected chi connectivity index (χ0v) is 11.0. The van der Waals surface area contributed by atoms with Gasteiger partial charge in [0.25, 0.3) is 0 Å². The molecule has 0 aromatic carbocycles. The van der Waals surface area contributed by atoms with Crippen molar-refractivity contribution >= 4 is 5.78 Å². The monoisotopic (exact) mass is 238 g/mol. The molecule has 1 atom stereocenters. The second-order valence-corrected chi connectivity index (χ2v) is 4.31. The predicted octanol–water partition coefficient (Wildman–Crippen LogP) is 2.39. The molecule has 0 fully saturated rings. The largest absolute Gasteiger partial charge is 0.374 e. The fourth-order valence-electron chi connectivity index (χ4n) is 1.49. The number of carbonyl (C=O) groups is 1. The minimum absolute atomic E-state index is 0.0906. The van der Waals surface area contributed by atoms with Crippen LogP contribution >= 0.6 is 0 Å². The van der Waals surface area contributed by atoms with E-state index in [9.17, 15) is 4.79 Å². The Hall–Kier alpha value is -1.16. The lowest BCUT2D eigenvalue weighted by Gasteiger charge is -2.08. The summed E-state index contributed by atoms with van der Waals surface area (Å²) in [6.07, 6.45) is 4.28. The summed E-state index contributed by atoms with van der Waals surface area (Å²) >= 11 is 0. The number of Topliss-reactive ketones (excluding diaryl/α,β-unsaturated/α-hetero) is 1. The zero-order valence-electron chi connectivity index (χ0n) is 11.0. The molecule has 0 saturated carbocycles. The molecular formula is C13H22N2O2. The first-order chi connectivity index (χ1) is 8.17. The van der Waals surface area contributed by atoms with Gasteiger partial charge in [-0.15, -0.1) is 0 Å². The van der Waals surface area contributed by atoms with Gasteiger partial charge in [-0.3, -0.25) is 9.48 Å². The second kappa shape index (κ2) is 7.22. The average molecular weight is 238 g/mol. The lowest BCUT2D eigenvalue weighted by Crippen LogP contribution is -2.13. The van der Waals surface area contributed by atoms with E-state index < -0.39 is 0 Å². The van der Waals surface area contributed by atoms with Crippen LogP contribution in [0.1, 0.15) is 45.3 Å². The van der Waals surface area contributed by atoms with Gasteiger partial charge in [-0.1, -0.05) is 13.8 Å². The van der Waals surface area contributed by atoms with Crippen LogP contribution in [0.2, 0.25) is 0 Å². The van der Waals surface area contributed by atoms with Crippen LogP contribution in [-0.4, -0.2) is 28.8 Å². The molecule has 4 heteroatoms. The Balaban J connectivity index is 2.40. The molecule has 1 aromatic heterocycles. The van der Waals surface area contributed by atoms with Crippen LogP contribution in [0.15, 0.2) is 12.3 Å². The van der Waals surface area contributed by atoms with Crippen molar-refractivity contribution < 1.29 is 9.53 Å². The quantitative estimate of drug-likeness (QED) is 0.653. The zero-order chi connectivity index (χ0) is 12.7. The number of hydrogen-bond acceptors (Lipinski definition) is 3. The molecule has 0 radical (unpaired) electrons. The molecule has 0 aliphatic carbocycles. The van der Waals surface area contributed by atoms with Crippen molar-refractivity contribution in [2.24, 2.45) is 0 Å². The Morgan fingerprint density at radius 1 is 1.53 bits per heavy atom. The summed E-state index contributed by atoms with van der Waals surface area (Å²) < 4.78 is 7.12. The molecule has 4 nitrogen and oxygen atoms in total. The first kappa shape index (κ1) is 13.9. The fraction of sp³-hybridized carbons (Fsp3) is 0.692. The van der Waals surface area contributed by atoms with Gasteiger partial charge >= 0.3 is 0 Å². The molecule has 0 aliphatic heterocycles. The Morgan fingerprint density at radius 2 is 2.29 bits per heavy atom. The molecule has 0 spiro atoms. The highest BCUT2D eigenvalue weighted by molar-refractivity contribution is 5.81. The molecule has 0 amide bonds. The summed E-state index contributed by atoms with van der Waals surface area (Å²) in [5, 5.41) is 4.39. The first-order valence-electron chi connectivity index (χ1n) is 6.30. The molecule has 0 saturated heterocycles. The Morgan fingerprint density at radius 3 is 2.94 bits per heavy atom. The van der Waals surface area contributed by atoms with E-state index in [2.05, 4.69) is 18.9 Å². The predicted molar refractivity (Wildman–Crippen MR) is 67.1 cm³/mol. The van der Waals surface area contributed by atoms with Crippen LogP contribution in [0.5, 0.6) is 0 Å². The molecule has 96 valence electrons. The number of hydrogen-bond donors (Lipinski definition) is 0. The first-order valence-corrected chi connectivity index (χ1v) is 6.30. The van der Waals surface area contributed by atoms with Gasteiger partial charge in [-0.05, 0) is 25.8 Å². The van der Waals surface area contributed by atoms with Crippen molar-refractivity contribution in [2.45, 2.75) is 46.1 Å². The van der Waals surface area contributed by atoms with Crippen LogP contribution in [0.25, 0.3) is 0 Å². The summed E-state index contributed by atoms with van der Waals surface area (Å²) in [5.41, 5.74) is 0.829. The summed E-state index contributed by atoms with van der Waals surface area (Å²) in [7, 11) is 0. The maximum atomic E-state index is 11.6. The molecule has 1 heterocycles. The fourth-order valence-corrected chi connectivity index (χ4v) is 1.49. The minimum atomic E-state index is 0.0906. The normalized spacial score (nSPS) is 12.6.